The monoisotopic (exact) mass is 361 g/mol. The molecule has 0 bridgehead atoms. The van der Waals surface area contributed by atoms with E-state index in [2.05, 4.69) is 38.2 Å². The van der Waals surface area contributed by atoms with Gasteiger partial charge >= 0.3 is 0 Å². The zero-order valence-electron chi connectivity index (χ0n) is 15.1. The second-order valence-electron chi connectivity index (χ2n) is 6.71. The van der Waals surface area contributed by atoms with Crippen molar-refractivity contribution in [3.63, 3.8) is 0 Å². The molecule has 1 saturated heterocycles. The van der Waals surface area contributed by atoms with Crippen molar-refractivity contribution in [2.24, 2.45) is 4.99 Å². The van der Waals surface area contributed by atoms with E-state index in [1.165, 1.54) is 5.56 Å². The molecule has 4 heterocycles. The van der Waals surface area contributed by atoms with Crippen molar-refractivity contribution in [1.29, 1.82) is 0 Å². The van der Waals surface area contributed by atoms with Crippen LogP contribution in [0.5, 0.6) is 0 Å². The van der Waals surface area contributed by atoms with Crippen LogP contribution in [-0.4, -0.2) is 47.1 Å². The fourth-order valence-corrected chi connectivity index (χ4v) is 3.58. The molecule has 27 heavy (non-hydrogen) atoms. The van der Waals surface area contributed by atoms with Crippen LogP contribution in [0.25, 0.3) is 11.1 Å². The summed E-state index contributed by atoms with van der Waals surface area (Å²) in [5.41, 5.74) is 7.03. The lowest BCUT2D eigenvalue weighted by Gasteiger charge is -2.27. The Labute approximate surface area is 156 Å². The fourth-order valence-electron chi connectivity index (χ4n) is 3.58. The third-order valence-corrected chi connectivity index (χ3v) is 5.06. The normalized spacial score (nSPS) is 16.3. The molecule has 1 aromatic carbocycles. The highest BCUT2D eigenvalue weighted by molar-refractivity contribution is 6.14. The molecule has 0 N–H and O–H groups in total. The summed E-state index contributed by atoms with van der Waals surface area (Å²) >= 11 is 0. The molecule has 0 amide bonds. The van der Waals surface area contributed by atoms with Gasteiger partial charge in [0.2, 0.25) is 0 Å². The van der Waals surface area contributed by atoms with Crippen LogP contribution >= 0.6 is 0 Å². The maximum Gasteiger partial charge on any atom is 0.132 e. The molecule has 0 aliphatic carbocycles. The fraction of sp³-hybridized carbons (Fsp3) is 0.300. The van der Waals surface area contributed by atoms with Gasteiger partial charge in [0.05, 0.1) is 36.9 Å². The van der Waals surface area contributed by atoms with Gasteiger partial charge in [-0.1, -0.05) is 17.3 Å². The van der Waals surface area contributed by atoms with E-state index < -0.39 is 0 Å². The predicted octanol–water partition coefficient (Wildman–Crippen LogP) is 2.63. The number of ether oxygens (including phenoxy) is 1. The summed E-state index contributed by atoms with van der Waals surface area (Å²) in [5.74, 6) is 0.922. The van der Waals surface area contributed by atoms with Gasteiger partial charge in [-0.25, -0.2) is 9.97 Å². The van der Waals surface area contributed by atoms with Crippen LogP contribution in [0.2, 0.25) is 0 Å². The third-order valence-electron chi connectivity index (χ3n) is 5.06. The molecule has 0 unspecified atom stereocenters. The third kappa shape index (κ3) is 2.90. The van der Waals surface area contributed by atoms with E-state index in [9.17, 15) is 0 Å². The maximum absolute atomic E-state index is 5.43. The van der Waals surface area contributed by atoms with Crippen LogP contribution < -0.4 is 4.90 Å². The zero-order valence-corrected chi connectivity index (χ0v) is 15.1. The molecular weight excluding hydrogens is 342 g/mol. The van der Waals surface area contributed by atoms with Crippen molar-refractivity contribution in [3.05, 3.63) is 59.4 Å². The minimum atomic E-state index is 0.671. The number of benzene rings is 1. The molecule has 0 radical (unpaired) electrons. The molecule has 5 rings (SSSR count). The summed E-state index contributed by atoms with van der Waals surface area (Å²) in [6.07, 6.45) is 3.30. The molecule has 2 aliphatic heterocycles. The summed E-state index contributed by atoms with van der Waals surface area (Å²) in [4.78, 5) is 15.9. The summed E-state index contributed by atoms with van der Waals surface area (Å²) in [5, 5.41) is 3.99. The van der Waals surface area contributed by atoms with E-state index >= 15 is 0 Å². The van der Waals surface area contributed by atoms with Crippen LogP contribution in [0.3, 0.4) is 0 Å². The van der Waals surface area contributed by atoms with Gasteiger partial charge in [0.1, 0.15) is 18.4 Å². The zero-order chi connectivity index (χ0) is 18.2. The maximum atomic E-state index is 5.43. The minimum absolute atomic E-state index is 0.671. The average Bonchev–Trinajstić information content (AvgIpc) is 3.34. The highest BCUT2D eigenvalue weighted by atomic mass is 16.5. The van der Waals surface area contributed by atoms with Crippen molar-refractivity contribution in [2.45, 2.75) is 13.5 Å². The molecule has 7 heteroatoms. The quantitative estimate of drug-likeness (QED) is 0.714. The summed E-state index contributed by atoms with van der Waals surface area (Å²) in [6, 6.07) is 8.39. The second kappa shape index (κ2) is 6.59. The lowest BCUT2D eigenvalue weighted by Crippen LogP contribution is -2.36. The predicted molar refractivity (Wildman–Crippen MR) is 101 cm³/mol. The van der Waals surface area contributed by atoms with Crippen LogP contribution in [-0.2, 0) is 11.3 Å². The van der Waals surface area contributed by atoms with Crippen LogP contribution in [0.4, 0.5) is 5.82 Å². The first kappa shape index (κ1) is 16.1. The molecule has 2 aliphatic rings. The van der Waals surface area contributed by atoms with E-state index in [0.717, 1.165) is 65.9 Å². The van der Waals surface area contributed by atoms with E-state index in [0.29, 0.717) is 6.54 Å². The van der Waals surface area contributed by atoms with E-state index in [1.807, 2.05) is 13.0 Å². The number of fused-ring (bicyclic) bond motifs is 1. The van der Waals surface area contributed by atoms with Crippen LogP contribution in [0.15, 0.2) is 46.4 Å². The van der Waals surface area contributed by atoms with E-state index in [-0.39, 0.29) is 0 Å². The molecule has 136 valence electrons. The average molecular weight is 361 g/mol. The number of nitrogens with zero attached hydrogens (tertiary/aromatic N) is 5. The summed E-state index contributed by atoms with van der Waals surface area (Å²) in [7, 11) is 0. The first-order valence-corrected chi connectivity index (χ1v) is 9.04. The Morgan fingerprint density at radius 3 is 2.74 bits per heavy atom. The lowest BCUT2D eigenvalue weighted by molar-refractivity contribution is 0.122. The van der Waals surface area contributed by atoms with Gasteiger partial charge in [-0.15, -0.1) is 0 Å². The largest absolute Gasteiger partial charge is 0.378 e. The minimum Gasteiger partial charge on any atom is -0.378 e. The number of anilines is 1. The number of rotatable bonds is 3. The van der Waals surface area contributed by atoms with Crippen LogP contribution in [0, 0.1) is 6.92 Å². The Morgan fingerprint density at radius 2 is 1.93 bits per heavy atom. The molecule has 0 atom stereocenters. The first-order valence-electron chi connectivity index (χ1n) is 9.04. The number of aromatic nitrogens is 3. The van der Waals surface area contributed by atoms with Gasteiger partial charge in [0.15, 0.2) is 0 Å². The highest BCUT2D eigenvalue weighted by Crippen LogP contribution is 2.30. The summed E-state index contributed by atoms with van der Waals surface area (Å²) < 4.78 is 10.5. The Kier molecular flexibility index (Phi) is 3.94. The second-order valence-corrected chi connectivity index (χ2v) is 6.71. The van der Waals surface area contributed by atoms with Crippen molar-refractivity contribution in [2.75, 3.05) is 31.2 Å². The first-order chi connectivity index (χ1) is 13.3. The lowest BCUT2D eigenvalue weighted by atomic mass is 9.97. The highest BCUT2D eigenvalue weighted by Gasteiger charge is 2.22. The number of hydrogen-bond donors (Lipinski definition) is 0. The molecule has 3 aromatic rings. The van der Waals surface area contributed by atoms with Gasteiger partial charge in [0, 0.05) is 30.3 Å². The Bertz CT molecular complexity index is 1020. The van der Waals surface area contributed by atoms with E-state index in [1.54, 1.807) is 12.6 Å². The van der Waals surface area contributed by atoms with E-state index in [4.69, 9.17) is 14.3 Å². The number of aliphatic imine (C=N–C) groups is 1. The Morgan fingerprint density at radius 1 is 1.04 bits per heavy atom. The van der Waals surface area contributed by atoms with Crippen molar-refractivity contribution >= 4 is 11.5 Å². The van der Waals surface area contributed by atoms with Crippen LogP contribution in [0.1, 0.15) is 22.5 Å². The molecule has 7 nitrogen and oxygen atoms in total. The smallest absolute Gasteiger partial charge is 0.132 e. The van der Waals surface area contributed by atoms with Gasteiger partial charge in [-0.2, -0.15) is 0 Å². The molecule has 0 saturated carbocycles. The SMILES string of the molecule is Cc1nocc1-c1ccc2c(c1)C(c1cc(N3CCOCC3)ncn1)=NC2. The topological polar surface area (TPSA) is 76.6 Å². The molecule has 0 spiro atoms. The van der Waals surface area contributed by atoms with Crippen molar-refractivity contribution in [1.82, 2.24) is 15.1 Å². The van der Waals surface area contributed by atoms with Crippen molar-refractivity contribution < 1.29 is 9.26 Å². The molecule has 2 aromatic heterocycles. The van der Waals surface area contributed by atoms with Crippen molar-refractivity contribution in [3.8, 4) is 11.1 Å². The molecular formula is C20H19N5O2. The number of morpholine rings is 1. The van der Waals surface area contributed by atoms with Gasteiger partial charge in [0.25, 0.3) is 0 Å². The van der Waals surface area contributed by atoms with Gasteiger partial charge in [-0.3, -0.25) is 4.99 Å². The number of hydrogen-bond acceptors (Lipinski definition) is 7. The number of aryl methyl sites for hydroxylation is 1. The molecule has 1 fully saturated rings. The Hall–Kier alpha value is -3.06. The van der Waals surface area contributed by atoms with Gasteiger partial charge < -0.3 is 14.2 Å². The summed E-state index contributed by atoms with van der Waals surface area (Å²) in [6.45, 7) is 5.76. The Balaban J connectivity index is 1.51. The standard InChI is InChI=1S/C20H19N5O2/c1-13-17(11-27-24-13)14-2-3-15-10-21-20(16(15)8-14)18-9-19(23-12-22-18)25-4-6-26-7-5-25/h2-3,8-9,11-12H,4-7,10H2,1H3. The van der Waals surface area contributed by atoms with Gasteiger partial charge in [-0.05, 0) is 24.1 Å².